The number of ether oxygens (including phenoxy) is 2. The average molecular weight is 496 g/mol. The van der Waals surface area contributed by atoms with E-state index < -0.39 is 5.91 Å². The van der Waals surface area contributed by atoms with Crippen LogP contribution in [0.15, 0.2) is 36.8 Å². The molecule has 0 bridgehead atoms. The number of amides is 3. The molecule has 36 heavy (non-hydrogen) atoms. The Labute approximate surface area is 211 Å². The molecular weight excluding hydrogens is 462 g/mol. The molecule has 0 unspecified atom stereocenters. The lowest BCUT2D eigenvalue weighted by molar-refractivity contribution is -0.136. The zero-order valence-corrected chi connectivity index (χ0v) is 21.1. The molecule has 2 heterocycles. The van der Waals surface area contributed by atoms with E-state index in [0.29, 0.717) is 30.1 Å². The number of fused-ring (bicyclic) bond motifs is 1. The van der Waals surface area contributed by atoms with Gasteiger partial charge in [-0.15, -0.1) is 0 Å². The third-order valence-corrected chi connectivity index (χ3v) is 6.71. The number of likely N-dealkylation sites (N-methyl/N-ethyl adjacent to an activating group) is 1. The van der Waals surface area contributed by atoms with E-state index in [1.54, 1.807) is 37.3 Å². The summed E-state index contributed by atoms with van der Waals surface area (Å²) in [6, 6.07) is 4.69. The number of nitrogens with zero attached hydrogens (tertiary/aromatic N) is 4. The fourth-order valence-electron chi connectivity index (χ4n) is 4.33. The molecule has 10 nitrogen and oxygen atoms in total. The van der Waals surface area contributed by atoms with Gasteiger partial charge in [0.1, 0.15) is 18.1 Å². The maximum Gasteiger partial charge on any atom is 0.275 e. The monoisotopic (exact) mass is 495 g/mol. The second-order valence-corrected chi connectivity index (χ2v) is 9.62. The van der Waals surface area contributed by atoms with Gasteiger partial charge in [-0.25, -0.2) is 4.98 Å². The summed E-state index contributed by atoms with van der Waals surface area (Å²) < 4.78 is 11.9. The van der Waals surface area contributed by atoms with E-state index in [-0.39, 0.29) is 48.1 Å². The van der Waals surface area contributed by atoms with E-state index >= 15 is 0 Å². The molecule has 1 aromatic carbocycles. The quantitative estimate of drug-likeness (QED) is 0.693. The maximum atomic E-state index is 13.3. The van der Waals surface area contributed by atoms with E-state index in [9.17, 15) is 14.4 Å². The molecule has 3 atom stereocenters. The maximum absolute atomic E-state index is 13.3. The predicted molar refractivity (Wildman–Crippen MR) is 133 cm³/mol. The Morgan fingerprint density at radius 1 is 1.17 bits per heavy atom. The summed E-state index contributed by atoms with van der Waals surface area (Å²) in [5, 5.41) is 2.77. The Hall–Kier alpha value is -3.53. The minimum absolute atomic E-state index is 0.0213. The summed E-state index contributed by atoms with van der Waals surface area (Å²) in [4.78, 5) is 50.4. The van der Waals surface area contributed by atoms with Crippen molar-refractivity contribution in [1.29, 1.82) is 0 Å². The fraction of sp³-hybridized carbons (Fsp3) is 0.500. The van der Waals surface area contributed by atoms with Crippen LogP contribution < -0.4 is 10.1 Å². The highest BCUT2D eigenvalue weighted by molar-refractivity contribution is 6.03. The van der Waals surface area contributed by atoms with Crippen molar-refractivity contribution in [1.82, 2.24) is 19.8 Å². The molecule has 10 heteroatoms. The molecule has 1 saturated carbocycles. The first kappa shape index (κ1) is 25.6. The van der Waals surface area contributed by atoms with Gasteiger partial charge in [-0.1, -0.05) is 6.92 Å². The predicted octanol–water partition coefficient (Wildman–Crippen LogP) is 2.47. The third-order valence-electron chi connectivity index (χ3n) is 6.71. The van der Waals surface area contributed by atoms with Crippen LogP contribution in [-0.2, 0) is 9.53 Å². The molecule has 1 fully saturated rings. The van der Waals surface area contributed by atoms with Crippen LogP contribution in [0.25, 0.3) is 0 Å². The summed E-state index contributed by atoms with van der Waals surface area (Å²) >= 11 is 0. The van der Waals surface area contributed by atoms with Crippen LogP contribution in [0, 0.1) is 11.8 Å². The number of carbonyl (C=O) groups excluding carboxylic acids is 3. The second kappa shape index (κ2) is 11.0. The number of methoxy groups -OCH3 is 1. The first-order valence-corrected chi connectivity index (χ1v) is 12.2. The fourth-order valence-corrected chi connectivity index (χ4v) is 4.33. The van der Waals surface area contributed by atoms with Gasteiger partial charge >= 0.3 is 0 Å². The first-order valence-electron chi connectivity index (χ1n) is 12.2. The number of hydrogen-bond donors (Lipinski definition) is 1. The topological polar surface area (TPSA) is 114 Å². The summed E-state index contributed by atoms with van der Waals surface area (Å²) in [6.07, 6.45) is 5.89. The minimum atomic E-state index is -0.425. The van der Waals surface area contributed by atoms with Gasteiger partial charge in [-0.3, -0.25) is 19.4 Å². The van der Waals surface area contributed by atoms with Crippen LogP contribution in [0.5, 0.6) is 5.75 Å². The van der Waals surface area contributed by atoms with E-state index in [0.717, 1.165) is 12.8 Å². The Kier molecular flexibility index (Phi) is 7.83. The van der Waals surface area contributed by atoms with Gasteiger partial charge in [0, 0.05) is 63.2 Å². The highest BCUT2D eigenvalue weighted by Crippen LogP contribution is 2.33. The number of nitrogens with one attached hydrogen (secondary N) is 1. The van der Waals surface area contributed by atoms with E-state index in [1.807, 2.05) is 18.7 Å². The zero-order chi connectivity index (χ0) is 25.8. The molecule has 3 amide bonds. The Bertz CT molecular complexity index is 1110. The summed E-state index contributed by atoms with van der Waals surface area (Å²) in [5.41, 5.74) is 0.990. The van der Waals surface area contributed by atoms with Crippen LogP contribution in [0.2, 0.25) is 0 Å². The third kappa shape index (κ3) is 5.81. The van der Waals surface area contributed by atoms with Gasteiger partial charge in [-0.05, 0) is 31.9 Å². The van der Waals surface area contributed by atoms with Gasteiger partial charge in [0.15, 0.2) is 0 Å². The zero-order valence-electron chi connectivity index (χ0n) is 21.1. The molecule has 192 valence electrons. The molecule has 4 rings (SSSR count). The normalized spacial score (nSPS) is 23.1. The molecule has 1 aliphatic carbocycles. The highest BCUT2D eigenvalue weighted by Gasteiger charge is 2.37. The smallest absolute Gasteiger partial charge is 0.275 e. The van der Waals surface area contributed by atoms with Crippen LogP contribution in [0.3, 0.4) is 0 Å². The van der Waals surface area contributed by atoms with Crippen molar-refractivity contribution in [3.63, 3.8) is 0 Å². The number of rotatable bonds is 4. The van der Waals surface area contributed by atoms with E-state index in [1.165, 1.54) is 18.6 Å². The molecule has 0 saturated heterocycles. The Morgan fingerprint density at radius 2 is 1.94 bits per heavy atom. The van der Waals surface area contributed by atoms with Crippen molar-refractivity contribution >= 4 is 23.4 Å². The standard InChI is InChI=1S/C26H33N5O5/c1-16-13-31(25(33)18-5-6-18)17(2)15-36-22-11-19(29-24(32)21-12-27-9-10-28-21)7-8-20(22)26(34)30(3)14-23(16)35-4/h7-12,16-18,23H,5-6,13-15H2,1-4H3,(H,29,32)/t16-,17+,23-/m1/s1. The Morgan fingerprint density at radius 3 is 2.61 bits per heavy atom. The van der Waals surface area contributed by atoms with E-state index in [4.69, 9.17) is 9.47 Å². The molecule has 2 aromatic rings. The number of aromatic nitrogens is 2. The van der Waals surface area contributed by atoms with Crippen molar-refractivity contribution in [3.8, 4) is 5.75 Å². The average Bonchev–Trinajstić information content (AvgIpc) is 3.73. The largest absolute Gasteiger partial charge is 0.491 e. The van der Waals surface area contributed by atoms with Crippen molar-refractivity contribution in [3.05, 3.63) is 48.0 Å². The van der Waals surface area contributed by atoms with Crippen LogP contribution in [0.4, 0.5) is 5.69 Å². The van der Waals surface area contributed by atoms with Gasteiger partial charge in [0.05, 0.1) is 23.9 Å². The lowest BCUT2D eigenvalue weighted by Gasteiger charge is -2.36. The van der Waals surface area contributed by atoms with Crippen LogP contribution in [-0.4, -0.2) is 83.5 Å². The lowest BCUT2D eigenvalue weighted by atomic mass is 10.0. The summed E-state index contributed by atoms with van der Waals surface area (Å²) in [6.45, 7) is 5.07. The van der Waals surface area contributed by atoms with Crippen LogP contribution in [0.1, 0.15) is 47.5 Å². The molecule has 1 N–H and O–H groups in total. The molecule has 0 spiro atoms. The van der Waals surface area contributed by atoms with Crippen molar-refractivity contribution < 1.29 is 23.9 Å². The van der Waals surface area contributed by atoms with Gasteiger partial charge in [-0.2, -0.15) is 0 Å². The molecule has 2 aliphatic rings. The van der Waals surface area contributed by atoms with Gasteiger partial charge < -0.3 is 24.6 Å². The first-order chi connectivity index (χ1) is 17.3. The number of anilines is 1. The molecule has 1 aliphatic heterocycles. The summed E-state index contributed by atoms with van der Waals surface area (Å²) in [5.74, 6) is -0.0751. The highest BCUT2D eigenvalue weighted by atomic mass is 16.5. The number of hydrogen-bond acceptors (Lipinski definition) is 7. The second-order valence-electron chi connectivity index (χ2n) is 9.62. The molecule has 0 radical (unpaired) electrons. The van der Waals surface area contributed by atoms with E-state index in [2.05, 4.69) is 15.3 Å². The molecular formula is C26H33N5O5. The van der Waals surface area contributed by atoms with Crippen molar-refractivity contribution in [2.45, 2.75) is 38.8 Å². The number of carbonyl (C=O) groups is 3. The van der Waals surface area contributed by atoms with Crippen molar-refractivity contribution in [2.75, 3.05) is 39.2 Å². The summed E-state index contributed by atoms with van der Waals surface area (Å²) in [7, 11) is 3.35. The van der Waals surface area contributed by atoms with Crippen molar-refractivity contribution in [2.24, 2.45) is 11.8 Å². The minimum Gasteiger partial charge on any atom is -0.491 e. The lowest BCUT2D eigenvalue weighted by Crippen LogP contribution is -2.49. The number of benzene rings is 1. The van der Waals surface area contributed by atoms with Gasteiger partial charge in [0.25, 0.3) is 11.8 Å². The SMILES string of the molecule is CO[C@@H]1CN(C)C(=O)c2ccc(NC(=O)c3cnccn3)cc2OC[C@H](C)N(C(=O)C2CC2)C[C@H]1C. The Balaban J connectivity index is 1.63. The van der Waals surface area contributed by atoms with Crippen LogP contribution >= 0.6 is 0 Å². The van der Waals surface area contributed by atoms with Gasteiger partial charge in [0.2, 0.25) is 5.91 Å². The molecule has 1 aromatic heterocycles.